The van der Waals surface area contributed by atoms with Gasteiger partial charge in [0, 0.05) is 11.4 Å². The normalized spacial score (nSPS) is 13.1. The number of aryl methyl sites for hydroxylation is 2. The maximum absolute atomic E-state index is 11.8. The first-order valence-electron chi connectivity index (χ1n) is 4.78. The lowest BCUT2D eigenvalue weighted by Gasteiger charge is -2.16. The zero-order chi connectivity index (χ0) is 12.6. The number of rotatable bonds is 4. The Morgan fingerprint density at radius 3 is 2.38 bits per heavy atom. The van der Waals surface area contributed by atoms with Crippen LogP contribution in [-0.2, 0) is 10.0 Å². The molecule has 92 valence electrons. The highest BCUT2D eigenvalue weighted by Crippen LogP contribution is 2.20. The van der Waals surface area contributed by atoms with Gasteiger partial charge in [-0.25, -0.2) is 18.1 Å². The van der Waals surface area contributed by atoms with Crippen LogP contribution in [0.15, 0.2) is 4.34 Å². The second kappa shape index (κ2) is 4.40. The summed E-state index contributed by atoms with van der Waals surface area (Å²) >= 11 is 1.13. The van der Waals surface area contributed by atoms with Gasteiger partial charge in [0.25, 0.3) is 10.0 Å². The number of sulfonamides is 1. The van der Waals surface area contributed by atoms with Crippen molar-refractivity contribution < 1.29 is 13.5 Å². The molecule has 0 unspecified atom stereocenters. The Morgan fingerprint density at radius 2 is 2.00 bits per heavy atom. The molecule has 0 saturated heterocycles. The molecule has 0 spiro atoms. The molecule has 0 bridgehead atoms. The van der Waals surface area contributed by atoms with Crippen LogP contribution >= 0.6 is 11.3 Å². The summed E-state index contributed by atoms with van der Waals surface area (Å²) in [5.74, 6) is 0. The predicted molar refractivity (Wildman–Crippen MR) is 63.1 cm³/mol. The number of aromatic nitrogens is 1. The summed E-state index contributed by atoms with van der Waals surface area (Å²) in [4.78, 5) is 4.85. The van der Waals surface area contributed by atoms with Crippen molar-refractivity contribution in [3.05, 3.63) is 10.6 Å². The highest BCUT2D eigenvalue weighted by molar-refractivity contribution is 7.91. The largest absolute Gasteiger partial charge is 0.389 e. The van der Waals surface area contributed by atoms with Crippen LogP contribution in [0.1, 0.15) is 24.4 Å². The Morgan fingerprint density at radius 1 is 1.44 bits per heavy atom. The summed E-state index contributed by atoms with van der Waals surface area (Å²) in [5.41, 5.74) is -0.359. The molecule has 0 aromatic carbocycles. The first-order chi connectivity index (χ1) is 7.12. The maximum atomic E-state index is 11.8. The summed E-state index contributed by atoms with van der Waals surface area (Å²) in [6.07, 6.45) is 0. The molecule has 2 N–H and O–H groups in total. The smallest absolute Gasteiger partial charge is 0.267 e. The molecule has 0 fully saturated rings. The second-order valence-electron chi connectivity index (χ2n) is 4.26. The molecule has 0 radical (unpaired) electrons. The van der Waals surface area contributed by atoms with Gasteiger partial charge in [0.15, 0.2) is 0 Å². The van der Waals surface area contributed by atoms with Crippen LogP contribution in [0, 0.1) is 13.8 Å². The van der Waals surface area contributed by atoms with Crippen molar-refractivity contribution in [2.75, 3.05) is 6.54 Å². The molecule has 1 rings (SSSR count). The molecule has 0 saturated carbocycles. The van der Waals surface area contributed by atoms with Gasteiger partial charge in [-0.2, -0.15) is 0 Å². The minimum absolute atomic E-state index is 0.0347. The van der Waals surface area contributed by atoms with Crippen molar-refractivity contribution in [3.8, 4) is 0 Å². The van der Waals surface area contributed by atoms with E-state index in [0.29, 0.717) is 5.69 Å². The van der Waals surface area contributed by atoms with E-state index in [0.717, 1.165) is 16.2 Å². The Labute approximate surface area is 99.6 Å². The fourth-order valence-electron chi connectivity index (χ4n) is 0.892. The second-order valence-corrected chi connectivity index (χ2v) is 7.40. The van der Waals surface area contributed by atoms with Gasteiger partial charge >= 0.3 is 0 Å². The number of aliphatic hydroxyl groups is 1. The highest BCUT2D eigenvalue weighted by atomic mass is 32.2. The number of thiazole rings is 1. The average molecular weight is 264 g/mol. The minimum atomic E-state index is -3.60. The number of hydrogen-bond donors (Lipinski definition) is 2. The minimum Gasteiger partial charge on any atom is -0.389 e. The number of nitrogens with one attached hydrogen (secondary N) is 1. The standard InChI is InChI=1S/C9H16N2O3S2/c1-6-7(2)15-8(11-6)16(13,14)10-5-9(3,4)12/h10,12H,5H2,1-4H3. The Hall–Kier alpha value is -0.500. The van der Waals surface area contributed by atoms with Crippen molar-refractivity contribution in [3.63, 3.8) is 0 Å². The lowest BCUT2D eigenvalue weighted by atomic mass is 10.1. The van der Waals surface area contributed by atoms with Crippen molar-refractivity contribution in [1.82, 2.24) is 9.71 Å². The third-order valence-electron chi connectivity index (χ3n) is 1.93. The molecule has 5 nitrogen and oxygen atoms in total. The summed E-state index contributed by atoms with van der Waals surface area (Å²) in [7, 11) is -3.60. The van der Waals surface area contributed by atoms with E-state index >= 15 is 0 Å². The summed E-state index contributed by atoms with van der Waals surface area (Å²) in [5, 5.41) is 9.44. The third-order valence-corrected chi connectivity index (χ3v) is 4.78. The van der Waals surface area contributed by atoms with E-state index < -0.39 is 15.6 Å². The Balaban J connectivity index is 2.87. The van der Waals surface area contributed by atoms with Crippen LogP contribution in [0.2, 0.25) is 0 Å². The molecule has 16 heavy (non-hydrogen) atoms. The van der Waals surface area contributed by atoms with Gasteiger partial charge in [-0.1, -0.05) is 0 Å². The first-order valence-corrected chi connectivity index (χ1v) is 7.08. The Kier molecular flexibility index (Phi) is 3.73. The fraction of sp³-hybridized carbons (Fsp3) is 0.667. The van der Waals surface area contributed by atoms with E-state index in [1.54, 1.807) is 6.92 Å². The van der Waals surface area contributed by atoms with E-state index in [1.165, 1.54) is 13.8 Å². The quantitative estimate of drug-likeness (QED) is 0.843. The monoisotopic (exact) mass is 264 g/mol. The molecule has 1 heterocycles. The molecule has 1 aromatic heterocycles. The average Bonchev–Trinajstić information content (AvgIpc) is 2.44. The van der Waals surface area contributed by atoms with Gasteiger partial charge < -0.3 is 5.11 Å². The van der Waals surface area contributed by atoms with Crippen LogP contribution in [-0.4, -0.2) is 30.7 Å². The summed E-state index contributed by atoms with van der Waals surface area (Å²) in [6.45, 7) is 6.62. The first kappa shape index (κ1) is 13.6. The topological polar surface area (TPSA) is 79.3 Å². The predicted octanol–water partition coefficient (Wildman–Crippen LogP) is 0.809. The molecule has 0 aliphatic rings. The van der Waals surface area contributed by atoms with Crippen molar-refractivity contribution in [1.29, 1.82) is 0 Å². The van der Waals surface area contributed by atoms with E-state index in [9.17, 15) is 13.5 Å². The van der Waals surface area contributed by atoms with Crippen molar-refractivity contribution >= 4 is 21.4 Å². The van der Waals surface area contributed by atoms with Gasteiger partial charge in [-0.05, 0) is 27.7 Å². The molecular formula is C9H16N2O3S2. The molecular weight excluding hydrogens is 248 g/mol. The van der Waals surface area contributed by atoms with E-state index in [1.807, 2.05) is 6.92 Å². The van der Waals surface area contributed by atoms with Crippen molar-refractivity contribution in [2.24, 2.45) is 0 Å². The van der Waals surface area contributed by atoms with Crippen LogP contribution in [0.3, 0.4) is 0 Å². The van der Waals surface area contributed by atoms with E-state index in [2.05, 4.69) is 9.71 Å². The zero-order valence-electron chi connectivity index (χ0n) is 9.73. The zero-order valence-corrected chi connectivity index (χ0v) is 11.4. The van der Waals surface area contributed by atoms with Crippen LogP contribution in [0.4, 0.5) is 0 Å². The van der Waals surface area contributed by atoms with E-state index in [-0.39, 0.29) is 10.9 Å². The third kappa shape index (κ3) is 3.51. The van der Waals surface area contributed by atoms with Gasteiger partial charge in [-0.3, -0.25) is 0 Å². The lowest BCUT2D eigenvalue weighted by Crippen LogP contribution is -2.38. The Bertz CT molecular complexity index is 452. The summed E-state index contributed by atoms with van der Waals surface area (Å²) < 4.78 is 25.9. The van der Waals surface area contributed by atoms with Crippen molar-refractivity contribution in [2.45, 2.75) is 37.6 Å². The van der Waals surface area contributed by atoms with Gasteiger partial charge in [0.2, 0.25) is 4.34 Å². The van der Waals surface area contributed by atoms with Crippen LogP contribution in [0.25, 0.3) is 0 Å². The van der Waals surface area contributed by atoms with Gasteiger partial charge in [0.1, 0.15) is 0 Å². The summed E-state index contributed by atoms with van der Waals surface area (Å²) in [6, 6.07) is 0. The van der Waals surface area contributed by atoms with Crippen LogP contribution < -0.4 is 4.72 Å². The number of hydrogen-bond acceptors (Lipinski definition) is 5. The molecule has 0 aliphatic heterocycles. The number of nitrogens with zero attached hydrogens (tertiary/aromatic N) is 1. The molecule has 0 amide bonds. The molecule has 0 aliphatic carbocycles. The SMILES string of the molecule is Cc1nc(S(=O)(=O)NCC(C)(C)O)sc1C. The van der Waals surface area contributed by atoms with Crippen LogP contribution in [0.5, 0.6) is 0 Å². The van der Waals surface area contributed by atoms with Gasteiger partial charge in [0.05, 0.1) is 11.3 Å². The maximum Gasteiger partial charge on any atom is 0.267 e. The van der Waals surface area contributed by atoms with Gasteiger partial charge in [-0.15, -0.1) is 11.3 Å². The highest BCUT2D eigenvalue weighted by Gasteiger charge is 2.22. The van der Waals surface area contributed by atoms with E-state index in [4.69, 9.17) is 0 Å². The molecule has 1 aromatic rings. The lowest BCUT2D eigenvalue weighted by molar-refractivity contribution is 0.0857. The molecule has 0 atom stereocenters. The molecule has 7 heteroatoms. The fourth-order valence-corrected chi connectivity index (χ4v) is 3.44.